The first-order valence-electron chi connectivity index (χ1n) is 6.66. The summed E-state index contributed by atoms with van der Waals surface area (Å²) in [4.78, 5) is 21.0. The Hall–Kier alpha value is -2.44. The van der Waals surface area contributed by atoms with Crippen LogP contribution in [0.5, 0.6) is 0 Å². The molecule has 1 aromatic carbocycles. The molecule has 1 aliphatic carbocycles. The molecule has 0 aromatic heterocycles. The van der Waals surface area contributed by atoms with Gasteiger partial charge < -0.3 is 11.1 Å². The maximum atomic E-state index is 11.1. The summed E-state index contributed by atoms with van der Waals surface area (Å²) in [7, 11) is 0. The van der Waals surface area contributed by atoms with E-state index in [2.05, 4.69) is 21.9 Å². The molecule has 1 heterocycles. The van der Waals surface area contributed by atoms with E-state index in [4.69, 9.17) is 5.73 Å². The van der Waals surface area contributed by atoms with Gasteiger partial charge in [-0.2, -0.15) is 0 Å². The van der Waals surface area contributed by atoms with Crippen LogP contribution in [0.15, 0.2) is 54.0 Å². The number of aromatic nitrogens is 1. The van der Waals surface area contributed by atoms with Crippen molar-refractivity contribution < 1.29 is 4.79 Å². The van der Waals surface area contributed by atoms with E-state index in [1.54, 1.807) is 11.3 Å². The average Bonchev–Trinajstić information content (AvgIpc) is 2.52. The van der Waals surface area contributed by atoms with Crippen LogP contribution in [-0.2, 0) is 4.79 Å². The van der Waals surface area contributed by atoms with Gasteiger partial charge in [0.25, 0.3) is 0 Å². The highest BCUT2D eigenvalue weighted by atomic mass is 35.5. The molecule has 1 amide bonds. The Kier molecular flexibility index (Phi) is 5.31. The van der Waals surface area contributed by atoms with E-state index in [0.717, 1.165) is 31.8 Å². The second-order valence-corrected chi connectivity index (χ2v) is 5.74. The van der Waals surface area contributed by atoms with Crippen LogP contribution in [0, 0.1) is 0 Å². The Labute approximate surface area is 143 Å². The lowest BCUT2D eigenvalue weighted by atomic mass is 10.2. The minimum Gasteiger partial charge on any atom is -0.399 e. The van der Waals surface area contributed by atoms with Gasteiger partial charge in [0.15, 0.2) is 0 Å². The van der Waals surface area contributed by atoms with E-state index in [1.165, 1.54) is 6.08 Å². The number of carbonyl (C=O) groups is 1. The number of carbonyl (C=O) groups excluding carboxylic acids is 1. The second kappa shape index (κ2) is 7.21. The lowest BCUT2D eigenvalue weighted by Gasteiger charge is -2.06. The van der Waals surface area contributed by atoms with Gasteiger partial charge in [-0.3, -0.25) is 9.79 Å². The van der Waals surface area contributed by atoms with Gasteiger partial charge in [-0.25, -0.2) is 4.98 Å². The van der Waals surface area contributed by atoms with Crippen LogP contribution >= 0.6 is 23.7 Å². The minimum atomic E-state index is -0.240. The van der Waals surface area contributed by atoms with E-state index >= 15 is 0 Å². The smallest absolute Gasteiger partial charge is 0.244 e. The summed E-state index contributed by atoms with van der Waals surface area (Å²) in [5.74, 6) is -0.240. The summed E-state index contributed by atoms with van der Waals surface area (Å²) in [6.07, 6.45) is 1.22. The van der Waals surface area contributed by atoms with Crippen molar-refractivity contribution in [2.75, 3.05) is 12.4 Å². The van der Waals surface area contributed by atoms with Crippen LogP contribution in [0.4, 0.5) is 5.69 Å². The number of anilines is 1. The Morgan fingerprint density at radius 1 is 1.35 bits per heavy atom. The predicted octanol–water partition coefficient (Wildman–Crippen LogP) is 2.57. The molecule has 23 heavy (non-hydrogen) atoms. The average molecular weight is 347 g/mol. The van der Waals surface area contributed by atoms with Gasteiger partial charge in [-0.05, 0) is 42.5 Å². The molecule has 0 atom stereocenters. The van der Waals surface area contributed by atoms with E-state index in [-0.39, 0.29) is 25.0 Å². The van der Waals surface area contributed by atoms with Crippen molar-refractivity contribution in [2.45, 2.75) is 0 Å². The van der Waals surface area contributed by atoms with Gasteiger partial charge in [0.1, 0.15) is 6.67 Å². The third kappa shape index (κ3) is 3.85. The van der Waals surface area contributed by atoms with E-state index in [9.17, 15) is 4.79 Å². The number of halogens is 1. The summed E-state index contributed by atoms with van der Waals surface area (Å²) < 4.78 is 1.03. The van der Waals surface area contributed by atoms with Crippen molar-refractivity contribution in [3.05, 3.63) is 54.4 Å². The fourth-order valence-electron chi connectivity index (χ4n) is 2.01. The van der Waals surface area contributed by atoms with Gasteiger partial charge in [0, 0.05) is 5.69 Å². The highest BCUT2D eigenvalue weighted by molar-refractivity contribution is 7.21. The Morgan fingerprint density at radius 3 is 2.96 bits per heavy atom. The number of fused-ring (bicyclic) bond motifs is 2. The highest BCUT2D eigenvalue weighted by Gasteiger charge is 2.06. The van der Waals surface area contributed by atoms with Crippen LogP contribution in [0.1, 0.15) is 0 Å². The third-order valence-electron chi connectivity index (χ3n) is 3.09. The largest absolute Gasteiger partial charge is 0.399 e. The summed E-state index contributed by atoms with van der Waals surface area (Å²) in [5.41, 5.74) is 8.38. The lowest BCUT2D eigenvalue weighted by Crippen LogP contribution is -2.22. The topological polar surface area (TPSA) is 80.4 Å². The SMILES string of the molecule is C=CC(=O)NC/N=c1\ccc2nc3ccc(N)cc3sc-2c1.Cl. The maximum absolute atomic E-state index is 11.1. The van der Waals surface area contributed by atoms with Gasteiger partial charge in [0.2, 0.25) is 5.91 Å². The number of benzene rings is 2. The normalized spacial score (nSPS) is 11.2. The summed E-state index contributed by atoms with van der Waals surface area (Å²) >= 11 is 1.62. The molecule has 0 saturated carbocycles. The number of amides is 1. The number of nitrogen functional groups attached to an aromatic ring is 1. The van der Waals surface area contributed by atoms with Crippen LogP contribution in [0.2, 0.25) is 0 Å². The maximum Gasteiger partial charge on any atom is 0.244 e. The number of nitrogens with one attached hydrogen (secondary N) is 1. The quantitative estimate of drug-likeness (QED) is 0.434. The molecule has 3 N–H and O–H groups in total. The van der Waals surface area contributed by atoms with E-state index in [0.29, 0.717) is 0 Å². The van der Waals surface area contributed by atoms with Crippen molar-refractivity contribution in [2.24, 2.45) is 4.99 Å². The molecule has 0 radical (unpaired) electrons. The first-order valence-corrected chi connectivity index (χ1v) is 7.48. The molecular formula is C16H15ClN4OS. The van der Waals surface area contributed by atoms with Crippen molar-refractivity contribution in [3.8, 4) is 10.6 Å². The molecule has 2 aliphatic rings. The molecule has 0 unspecified atom stereocenters. The van der Waals surface area contributed by atoms with Crippen LogP contribution in [0.25, 0.3) is 20.8 Å². The first-order chi connectivity index (χ1) is 10.7. The Balaban J connectivity index is 0.00000192. The molecule has 0 bridgehead atoms. The third-order valence-corrected chi connectivity index (χ3v) is 4.18. The summed E-state index contributed by atoms with van der Waals surface area (Å²) in [5, 5.41) is 3.40. The molecule has 0 saturated heterocycles. The first kappa shape index (κ1) is 16.9. The van der Waals surface area contributed by atoms with Gasteiger partial charge in [-0.1, -0.05) is 6.58 Å². The number of hydrogen-bond acceptors (Lipinski definition) is 5. The van der Waals surface area contributed by atoms with Crippen molar-refractivity contribution in [3.63, 3.8) is 0 Å². The number of nitrogens with two attached hydrogens (primary N) is 1. The van der Waals surface area contributed by atoms with Crippen molar-refractivity contribution in [1.82, 2.24) is 10.3 Å². The number of hydrogen-bond donors (Lipinski definition) is 2. The van der Waals surface area contributed by atoms with Gasteiger partial charge in [-0.15, -0.1) is 23.7 Å². The van der Waals surface area contributed by atoms with E-state index in [1.807, 2.05) is 36.4 Å². The highest BCUT2D eigenvalue weighted by Crippen LogP contribution is 2.30. The standard InChI is InChI=1S/C16H14N4OS.ClH/c1-2-16(21)19-9-18-11-4-6-13-15(8-11)22-14-7-10(17)3-5-12(14)20-13;/h2-8H,1,9,17H2,(H,19,21);1H/b18-11+;. The molecule has 0 fully saturated rings. The number of nitrogens with zero attached hydrogens (tertiary/aromatic N) is 2. The zero-order valence-electron chi connectivity index (χ0n) is 12.2. The fourth-order valence-corrected chi connectivity index (χ4v) is 3.06. The minimum absolute atomic E-state index is 0. The van der Waals surface area contributed by atoms with Crippen molar-refractivity contribution >= 4 is 45.6 Å². The number of rotatable bonds is 3. The van der Waals surface area contributed by atoms with E-state index < -0.39 is 0 Å². The molecule has 1 aliphatic heterocycles. The molecule has 0 spiro atoms. The molecular weight excluding hydrogens is 332 g/mol. The van der Waals surface area contributed by atoms with Crippen LogP contribution < -0.4 is 16.4 Å². The van der Waals surface area contributed by atoms with Crippen LogP contribution in [-0.4, -0.2) is 17.6 Å². The molecule has 3 rings (SSSR count). The Bertz CT molecular complexity index is 906. The van der Waals surface area contributed by atoms with Gasteiger partial charge in [0.05, 0.1) is 26.1 Å². The molecule has 1 aromatic rings. The second-order valence-electron chi connectivity index (χ2n) is 4.65. The molecule has 118 valence electrons. The summed E-state index contributed by atoms with van der Waals surface area (Å²) in [6.45, 7) is 3.61. The monoisotopic (exact) mass is 346 g/mol. The summed E-state index contributed by atoms with van der Waals surface area (Å²) in [6, 6.07) is 11.4. The molecule has 5 nitrogen and oxygen atoms in total. The van der Waals surface area contributed by atoms with Crippen LogP contribution in [0.3, 0.4) is 0 Å². The zero-order chi connectivity index (χ0) is 15.5. The zero-order valence-corrected chi connectivity index (χ0v) is 13.8. The van der Waals surface area contributed by atoms with Gasteiger partial charge >= 0.3 is 0 Å². The Morgan fingerprint density at radius 2 is 2.17 bits per heavy atom. The fraction of sp³-hybridized carbons (Fsp3) is 0.0625. The predicted molar refractivity (Wildman–Crippen MR) is 96.7 cm³/mol. The van der Waals surface area contributed by atoms with Crippen molar-refractivity contribution in [1.29, 1.82) is 0 Å². The lowest BCUT2D eigenvalue weighted by molar-refractivity contribution is -0.116. The molecule has 7 heteroatoms.